The summed E-state index contributed by atoms with van der Waals surface area (Å²) < 4.78 is 2.06. The summed E-state index contributed by atoms with van der Waals surface area (Å²) in [5.41, 5.74) is 2.15. The molecule has 1 aromatic heterocycles. The molecule has 0 aromatic carbocycles. The fourth-order valence-corrected chi connectivity index (χ4v) is 3.61. The molecule has 3 atom stereocenters. The van der Waals surface area contributed by atoms with Crippen molar-refractivity contribution in [3.63, 3.8) is 0 Å². The van der Waals surface area contributed by atoms with E-state index in [0.29, 0.717) is 6.04 Å². The fraction of sp³-hybridized carbons (Fsp3) is 0.800. The van der Waals surface area contributed by atoms with E-state index >= 15 is 0 Å². The second kappa shape index (κ2) is 6.27. The van der Waals surface area contributed by atoms with Crippen LogP contribution in [-0.2, 0) is 13.0 Å². The Bertz CT molecular complexity index is 427. The summed E-state index contributed by atoms with van der Waals surface area (Å²) >= 11 is 6.42. The van der Waals surface area contributed by atoms with Gasteiger partial charge in [0.15, 0.2) is 0 Å². The first kappa shape index (κ1) is 14.9. The van der Waals surface area contributed by atoms with E-state index in [2.05, 4.69) is 36.0 Å². The first-order valence-electron chi connectivity index (χ1n) is 7.45. The van der Waals surface area contributed by atoms with Crippen LogP contribution in [0.25, 0.3) is 0 Å². The molecule has 3 unspecified atom stereocenters. The zero-order valence-electron chi connectivity index (χ0n) is 12.5. The molecule has 0 radical (unpaired) electrons. The van der Waals surface area contributed by atoms with Crippen LogP contribution >= 0.6 is 11.6 Å². The number of aryl methyl sites for hydroxylation is 2. The van der Waals surface area contributed by atoms with Gasteiger partial charge in [0.05, 0.1) is 16.4 Å². The van der Waals surface area contributed by atoms with Gasteiger partial charge in [-0.25, -0.2) is 0 Å². The molecule has 1 saturated carbocycles. The molecule has 108 valence electrons. The zero-order valence-corrected chi connectivity index (χ0v) is 13.3. The molecule has 1 aliphatic rings. The van der Waals surface area contributed by atoms with Crippen LogP contribution in [0.1, 0.15) is 44.5 Å². The summed E-state index contributed by atoms with van der Waals surface area (Å²) in [7, 11) is 2.07. The molecule has 0 bridgehead atoms. The average Bonchev–Trinajstić information content (AvgIpc) is 2.93. The molecular weight excluding hydrogens is 258 g/mol. The highest BCUT2D eigenvalue weighted by molar-refractivity contribution is 6.31. The van der Waals surface area contributed by atoms with Crippen LogP contribution in [0.15, 0.2) is 0 Å². The van der Waals surface area contributed by atoms with Gasteiger partial charge in [-0.15, -0.1) is 0 Å². The molecule has 0 amide bonds. The van der Waals surface area contributed by atoms with Gasteiger partial charge in [-0.2, -0.15) is 5.10 Å². The predicted molar refractivity (Wildman–Crippen MR) is 80.7 cm³/mol. The highest BCUT2D eigenvalue weighted by Gasteiger charge is 2.29. The van der Waals surface area contributed by atoms with E-state index in [0.717, 1.165) is 35.5 Å². The predicted octanol–water partition coefficient (Wildman–Crippen LogP) is 3.43. The van der Waals surface area contributed by atoms with E-state index < -0.39 is 0 Å². The molecule has 1 heterocycles. The van der Waals surface area contributed by atoms with E-state index in [1.54, 1.807) is 0 Å². The van der Waals surface area contributed by atoms with Gasteiger partial charge in [-0.3, -0.25) is 4.68 Å². The normalized spacial score (nSPS) is 24.9. The van der Waals surface area contributed by atoms with Gasteiger partial charge in [0, 0.05) is 19.0 Å². The number of nitrogens with one attached hydrogen (secondary N) is 1. The molecule has 1 aromatic rings. The molecule has 0 aliphatic heterocycles. The van der Waals surface area contributed by atoms with Crippen molar-refractivity contribution in [2.45, 2.75) is 59.0 Å². The van der Waals surface area contributed by atoms with E-state index in [-0.39, 0.29) is 0 Å². The minimum Gasteiger partial charge on any atom is -0.316 e. The van der Waals surface area contributed by atoms with E-state index in [9.17, 15) is 0 Å². The molecule has 2 rings (SSSR count). The maximum atomic E-state index is 6.42. The van der Waals surface area contributed by atoms with Gasteiger partial charge in [0.25, 0.3) is 0 Å². The minimum atomic E-state index is 0.517. The highest BCUT2D eigenvalue weighted by Crippen LogP contribution is 2.34. The lowest BCUT2D eigenvalue weighted by molar-refractivity contribution is 0.360. The molecule has 1 N–H and O–H groups in total. The van der Waals surface area contributed by atoms with Crippen molar-refractivity contribution in [2.24, 2.45) is 11.8 Å². The van der Waals surface area contributed by atoms with Crippen molar-refractivity contribution in [1.29, 1.82) is 0 Å². The van der Waals surface area contributed by atoms with Crippen molar-refractivity contribution >= 4 is 11.6 Å². The second-order valence-corrected chi connectivity index (χ2v) is 6.32. The van der Waals surface area contributed by atoms with E-state index in [4.69, 9.17) is 11.6 Å². The van der Waals surface area contributed by atoms with Crippen LogP contribution in [-0.4, -0.2) is 22.9 Å². The van der Waals surface area contributed by atoms with Gasteiger partial charge >= 0.3 is 0 Å². The monoisotopic (exact) mass is 283 g/mol. The minimum absolute atomic E-state index is 0.517. The fourth-order valence-electron chi connectivity index (χ4n) is 3.39. The summed E-state index contributed by atoms with van der Waals surface area (Å²) in [4.78, 5) is 0. The summed E-state index contributed by atoms with van der Waals surface area (Å²) in [6.45, 7) is 7.36. The smallest absolute Gasteiger partial charge is 0.0847 e. The van der Waals surface area contributed by atoms with Crippen LogP contribution in [0, 0.1) is 18.8 Å². The number of aromatic nitrogens is 2. The van der Waals surface area contributed by atoms with Crippen molar-refractivity contribution in [2.75, 3.05) is 7.05 Å². The Morgan fingerprint density at radius 1 is 1.47 bits per heavy atom. The Morgan fingerprint density at radius 3 is 2.74 bits per heavy atom. The lowest BCUT2D eigenvalue weighted by atomic mass is 9.93. The molecule has 3 nitrogen and oxygen atoms in total. The Morgan fingerprint density at radius 2 is 2.21 bits per heavy atom. The van der Waals surface area contributed by atoms with Gasteiger partial charge in [-0.1, -0.05) is 24.9 Å². The Hall–Kier alpha value is -0.540. The van der Waals surface area contributed by atoms with Crippen molar-refractivity contribution in [3.05, 3.63) is 16.4 Å². The summed E-state index contributed by atoms with van der Waals surface area (Å²) in [5, 5.41) is 8.87. The van der Waals surface area contributed by atoms with E-state index in [1.807, 2.05) is 6.92 Å². The van der Waals surface area contributed by atoms with Gasteiger partial charge in [0.1, 0.15) is 0 Å². The lowest BCUT2D eigenvalue weighted by Crippen LogP contribution is -2.35. The Kier molecular flexibility index (Phi) is 4.91. The molecule has 1 fully saturated rings. The third kappa shape index (κ3) is 3.14. The number of nitrogens with zero attached hydrogens (tertiary/aromatic N) is 2. The van der Waals surface area contributed by atoms with Gasteiger partial charge in [-0.05, 0) is 45.6 Å². The van der Waals surface area contributed by atoms with Crippen LogP contribution in [0.3, 0.4) is 0 Å². The Balaban J connectivity index is 2.14. The first-order valence-corrected chi connectivity index (χ1v) is 7.83. The molecule has 0 saturated heterocycles. The van der Waals surface area contributed by atoms with Crippen LogP contribution in [0.4, 0.5) is 0 Å². The second-order valence-electron chi connectivity index (χ2n) is 5.94. The standard InChI is InChI=1S/C15H26ClN3/c1-5-19-14(15(16)11(3)18-19)9-13(17-4)12-7-6-10(2)8-12/h10,12-13,17H,5-9H2,1-4H3. The zero-order chi connectivity index (χ0) is 14.0. The maximum Gasteiger partial charge on any atom is 0.0847 e. The number of hydrogen-bond donors (Lipinski definition) is 1. The molecule has 0 spiro atoms. The SMILES string of the molecule is CCn1nc(C)c(Cl)c1CC(NC)C1CCC(C)C1. The van der Waals surface area contributed by atoms with Gasteiger partial charge in [0.2, 0.25) is 0 Å². The average molecular weight is 284 g/mol. The summed E-state index contributed by atoms with van der Waals surface area (Å²) in [5.74, 6) is 1.64. The highest BCUT2D eigenvalue weighted by atomic mass is 35.5. The third-order valence-electron chi connectivity index (χ3n) is 4.54. The topological polar surface area (TPSA) is 29.9 Å². The molecule has 19 heavy (non-hydrogen) atoms. The maximum absolute atomic E-state index is 6.42. The molecule has 4 heteroatoms. The first-order chi connectivity index (χ1) is 9.06. The lowest BCUT2D eigenvalue weighted by Gasteiger charge is -2.23. The summed E-state index contributed by atoms with van der Waals surface area (Å²) in [6.07, 6.45) is 5.02. The number of hydrogen-bond acceptors (Lipinski definition) is 2. The number of halogens is 1. The van der Waals surface area contributed by atoms with Crippen LogP contribution < -0.4 is 5.32 Å². The van der Waals surface area contributed by atoms with Crippen molar-refractivity contribution in [3.8, 4) is 0 Å². The molecular formula is C15H26ClN3. The quantitative estimate of drug-likeness (QED) is 0.897. The third-order valence-corrected chi connectivity index (χ3v) is 5.03. The van der Waals surface area contributed by atoms with Gasteiger partial charge < -0.3 is 5.32 Å². The summed E-state index contributed by atoms with van der Waals surface area (Å²) in [6, 6.07) is 0.517. The van der Waals surface area contributed by atoms with Crippen molar-refractivity contribution < 1.29 is 0 Å². The number of likely N-dealkylation sites (N-methyl/N-ethyl adjacent to an activating group) is 1. The molecule has 1 aliphatic carbocycles. The van der Waals surface area contributed by atoms with Crippen LogP contribution in [0.2, 0.25) is 5.02 Å². The largest absolute Gasteiger partial charge is 0.316 e. The van der Waals surface area contributed by atoms with Crippen molar-refractivity contribution in [1.82, 2.24) is 15.1 Å². The van der Waals surface area contributed by atoms with E-state index in [1.165, 1.54) is 25.0 Å². The van der Waals surface area contributed by atoms with Crippen LogP contribution in [0.5, 0.6) is 0 Å². The Labute approximate surface area is 121 Å². The number of rotatable bonds is 5.